The largest absolute Gasteiger partial charge is 0.322 e. The van der Waals surface area contributed by atoms with E-state index in [-0.39, 0.29) is 10.6 Å². The fraction of sp³-hybridized carbons (Fsp3) is 0. The first-order valence-electron chi connectivity index (χ1n) is 5.42. The van der Waals surface area contributed by atoms with E-state index in [9.17, 15) is 14.0 Å². The number of nitrogens with one attached hydrogen (secondary N) is 1. The highest BCUT2D eigenvalue weighted by Gasteiger charge is 2.09. The van der Waals surface area contributed by atoms with Crippen LogP contribution in [0.5, 0.6) is 0 Å². The van der Waals surface area contributed by atoms with Crippen molar-refractivity contribution < 1.29 is 14.0 Å². The van der Waals surface area contributed by atoms with Crippen LogP contribution >= 0.6 is 11.6 Å². The van der Waals surface area contributed by atoms with Crippen LogP contribution in [0.1, 0.15) is 20.7 Å². The Morgan fingerprint density at radius 1 is 1.21 bits per heavy atom. The number of amides is 1. The Morgan fingerprint density at radius 3 is 2.68 bits per heavy atom. The van der Waals surface area contributed by atoms with Gasteiger partial charge in [-0.1, -0.05) is 23.7 Å². The van der Waals surface area contributed by atoms with Crippen molar-refractivity contribution in [2.45, 2.75) is 0 Å². The van der Waals surface area contributed by atoms with Gasteiger partial charge in [0.25, 0.3) is 5.91 Å². The molecule has 96 valence electrons. The van der Waals surface area contributed by atoms with Crippen LogP contribution in [-0.2, 0) is 0 Å². The second kappa shape index (κ2) is 5.63. The number of rotatable bonds is 3. The molecule has 0 saturated heterocycles. The Kier molecular flexibility index (Phi) is 3.92. The molecule has 0 unspecified atom stereocenters. The molecule has 0 radical (unpaired) electrons. The molecule has 0 heterocycles. The van der Waals surface area contributed by atoms with E-state index in [1.165, 1.54) is 18.2 Å². The van der Waals surface area contributed by atoms with Gasteiger partial charge in [0, 0.05) is 16.8 Å². The molecular formula is C14H9ClFNO2. The zero-order chi connectivity index (χ0) is 13.8. The van der Waals surface area contributed by atoms with Crippen LogP contribution in [-0.4, -0.2) is 12.2 Å². The molecule has 0 fully saturated rings. The fourth-order valence-electron chi connectivity index (χ4n) is 1.53. The molecule has 0 saturated carbocycles. The summed E-state index contributed by atoms with van der Waals surface area (Å²) in [5, 5.41) is 2.53. The highest BCUT2D eigenvalue weighted by atomic mass is 35.5. The molecule has 2 aromatic carbocycles. The van der Waals surface area contributed by atoms with Gasteiger partial charge in [-0.25, -0.2) is 4.39 Å². The van der Waals surface area contributed by atoms with Gasteiger partial charge in [-0.05, 0) is 30.3 Å². The third kappa shape index (κ3) is 3.17. The normalized spacial score (nSPS) is 10.0. The Hall–Kier alpha value is -2.20. The fourth-order valence-corrected chi connectivity index (χ4v) is 1.65. The van der Waals surface area contributed by atoms with Gasteiger partial charge < -0.3 is 5.32 Å². The molecular weight excluding hydrogens is 269 g/mol. The van der Waals surface area contributed by atoms with Crippen molar-refractivity contribution in [3.63, 3.8) is 0 Å². The SMILES string of the molecule is O=Cc1cccc(NC(=O)c2ccc(Cl)c(F)c2)c1. The molecule has 2 rings (SSSR count). The van der Waals surface area contributed by atoms with Crippen molar-refractivity contribution in [1.82, 2.24) is 0 Å². The minimum Gasteiger partial charge on any atom is -0.322 e. The van der Waals surface area contributed by atoms with Gasteiger partial charge >= 0.3 is 0 Å². The maximum absolute atomic E-state index is 13.2. The smallest absolute Gasteiger partial charge is 0.255 e. The van der Waals surface area contributed by atoms with E-state index in [0.29, 0.717) is 17.5 Å². The summed E-state index contributed by atoms with van der Waals surface area (Å²) < 4.78 is 13.2. The van der Waals surface area contributed by atoms with Gasteiger partial charge in [-0.3, -0.25) is 9.59 Å². The number of carbonyl (C=O) groups is 2. The zero-order valence-corrected chi connectivity index (χ0v) is 10.4. The van der Waals surface area contributed by atoms with E-state index in [0.717, 1.165) is 6.07 Å². The average molecular weight is 278 g/mol. The minimum atomic E-state index is -0.657. The predicted octanol–water partition coefficient (Wildman–Crippen LogP) is 3.54. The number of aldehydes is 1. The van der Waals surface area contributed by atoms with Crippen molar-refractivity contribution in [2.75, 3.05) is 5.32 Å². The lowest BCUT2D eigenvalue weighted by molar-refractivity contribution is 0.102. The van der Waals surface area contributed by atoms with Gasteiger partial charge in [0.2, 0.25) is 0 Å². The van der Waals surface area contributed by atoms with E-state index >= 15 is 0 Å². The summed E-state index contributed by atoms with van der Waals surface area (Å²) in [6.07, 6.45) is 0.678. The van der Waals surface area contributed by atoms with Crippen LogP contribution < -0.4 is 5.32 Å². The summed E-state index contributed by atoms with van der Waals surface area (Å²) in [5.74, 6) is -1.13. The molecule has 5 heteroatoms. The van der Waals surface area contributed by atoms with Crippen LogP contribution in [0.15, 0.2) is 42.5 Å². The Morgan fingerprint density at radius 2 is 2.00 bits per heavy atom. The maximum atomic E-state index is 13.2. The van der Waals surface area contributed by atoms with E-state index in [2.05, 4.69) is 5.32 Å². The predicted molar refractivity (Wildman–Crippen MR) is 71.2 cm³/mol. The summed E-state index contributed by atoms with van der Waals surface area (Å²) in [7, 11) is 0. The van der Waals surface area contributed by atoms with Gasteiger partial charge in [0.1, 0.15) is 12.1 Å². The van der Waals surface area contributed by atoms with E-state index in [4.69, 9.17) is 11.6 Å². The standard InChI is InChI=1S/C14H9ClFNO2/c15-12-5-4-10(7-13(12)16)14(19)17-11-3-1-2-9(6-11)8-18/h1-8H,(H,17,19). The molecule has 0 aliphatic heterocycles. The van der Waals surface area contributed by atoms with Crippen molar-refractivity contribution in [2.24, 2.45) is 0 Å². The first-order valence-corrected chi connectivity index (χ1v) is 5.79. The van der Waals surface area contributed by atoms with E-state index in [1.807, 2.05) is 0 Å². The topological polar surface area (TPSA) is 46.2 Å². The number of carbonyl (C=O) groups excluding carboxylic acids is 2. The van der Waals surface area contributed by atoms with Crippen molar-refractivity contribution in [1.29, 1.82) is 0 Å². The third-order valence-electron chi connectivity index (χ3n) is 2.46. The number of hydrogen-bond donors (Lipinski definition) is 1. The first-order chi connectivity index (χ1) is 9.10. The molecule has 0 aliphatic rings. The summed E-state index contributed by atoms with van der Waals surface area (Å²) in [6.45, 7) is 0. The van der Waals surface area contributed by atoms with Crippen LogP contribution in [0.2, 0.25) is 5.02 Å². The third-order valence-corrected chi connectivity index (χ3v) is 2.77. The molecule has 0 aliphatic carbocycles. The summed E-state index contributed by atoms with van der Waals surface area (Å²) in [6, 6.07) is 10.2. The van der Waals surface area contributed by atoms with Crippen LogP contribution in [0.4, 0.5) is 10.1 Å². The lowest BCUT2D eigenvalue weighted by atomic mass is 10.2. The quantitative estimate of drug-likeness (QED) is 0.872. The van der Waals surface area contributed by atoms with Crippen molar-refractivity contribution >= 4 is 29.5 Å². The molecule has 1 amide bonds. The number of hydrogen-bond acceptors (Lipinski definition) is 2. The first kappa shape index (κ1) is 13.2. The van der Waals surface area contributed by atoms with E-state index < -0.39 is 11.7 Å². The van der Waals surface area contributed by atoms with Crippen LogP contribution in [0.3, 0.4) is 0 Å². The summed E-state index contributed by atoms with van der Waals surface area (Å²) in [5.41, 5.74) is 1.06. The Bertz CT molecular complexity index is 643. The van der Waals surface area contributed by atoms with Gasteiger partial charge in [-0.2, -0.15) is 0 Å². The summed E-state index contributed by atoms with van der Waals surface area (Å²) >= 11 is 5.54. The highest BCUT2D eigenvalue weighted by molar-refractivity contribution is 6.30. The lowest BCUT2D eigenvalue weighted by Crippen LogP contribution is -2.12. The second-order valence-corrected chi connectivity index (χ2v) is 4.23. The highest BCUT2D eigenvalue weighted by Crippen LogP contribution is 2.17. The Balaban J connectivity index is 2.20. The molecule has 0 bridgehead atoms. The van der Waals surface area contributed by atoms with Crippen LogP contribution in [0, 0.1) is 5.82 Å². The zero-order valence-electron chi connectivity index (χ0n) is 9.69. The molecule has 19 heavy (non-hydrogen) atoms. The molecule has 3 nitrogen and oxygen atoms in total. The summed E-state index contributed by atoms with van der Waals surface area (Å²) in [4.78, 5) is 22.5. The van der Waals surface area contributed by atoms with Gasteiger partial charge in [0.05, 0.1) is 5.02 Å². The monoisotopic (exact) mass is 277 g/mol. The molecule has 0 spiro atoms. The average Bonchev–Trinajstić information content (AvgIpc) is 2.42. The lowest BCUT2D eigenvalue weighted by Gasteiger charge is -2.06. The number of benzene rings is 2. The maximum Gasteiger partial charge on any atom is 0.255 e. The van der Waals surface area contributed by atoms with Crippen molar-refractivity contribution in [3.05, 3.63) is 64.4 Å². The van der Waals surface area contributed by atoms with E-state index in [1.54, 1.807) is 18.2 Å². The number of anilines is 1. The van der Waals surface area contributed by atoms with Crippen molar-refractivity contribution in [3.8, 4) is 0 Å². The molecule has 0 aromatic heterocycles. The minimum absolute atomic E-state index is 0.0421. The Labute approximate surface area is 114 Å². The van der Waals surface area contributed by atoms with Gasteiger partial charge in [-0.15, -0.1) is 0 Å². The molecule has 1 N–H and O–H groups in total. The van der Waals surface area contributed by atoms with Crippen LogP contribution in [0.25, 0.3) is 0 Å². The molecule has 0 atom stereocenters. The van der Waals surface area contributed by atoms with Gasteiger partial charge in [0.15, 0.2) is 0 Å². The number of halogens is 2. The second-order valence-electron chi connectivity index (χ2n) is 3.83. The molecule has 2 aromatic rings.